The summed E-state index contributed by atoms with van der Waals surface area (Å²) in [6, 6.07) is 11.1. The van der Waals surface area contributed by atoms with Crippen molar-refractivity contribution in [2.75, 3.05) is 37.8 Å². The van der Waals surface area contributed by atoms with Gasteiger partial charge in [-0.15, -0.1) is 0 Å². The molecule has 1 fully saturated rings. The van der Waals surface area contributed by atoms with Crippen LogP contribution in [0.25, 0.3) is 0 Å². The van der Waals surface area contributed by atoms with E-state index in [0.717, 1.165) is 0 Å². The average molecular weight is 400 g/mol. The Morgan fingerprint density at radius 2 is 2.00 bits per heavy atom. The summed E-state index contributed by atoms with van der Waals surface area (Å²) >= 11 is 0. The first-order valence-corrected chi connectivity index (χ1v) is 9.46. The predicted molar refractivity (Wildman–Crippen MR) is 103 cm³/mol. The Morgan fingerprint density at radius 1 is 1.17 bits per heavy atom. The lowest BCUT2D eigenvalue weighted by atomic mass is 10.1. The highest BCUT2D eigenvalue weighted by molar-refractivity contribution is 6.00. The molecule has 4 rings (SSSR count). The van der Waals surface area contributed by atoms with Crippen LogP contribution in [0.5, 0.6) is 17.2 Å². The lowest BCUT2D eigenvalue weighted by Gasteiger charge is -2.22. The Morgan fingerprint density at radius 3 is 2.83 bits per heavy atom. The number of halogens is 1. The normalized spacial score (nSPS) is 17.9. The Labute approximate surface area is 167 Å². The summed E-state index contributed by atoms with van der Waals surface area (Å²) in [5.74, 6) is 0.516. The third kappa shape index (κ3) is 4.42. The maximum atomic E-state index is 13.1. The van der Waals surface area contributed by atoms with E-state index in [1.54, 1.807) is 35.2 Å². The fourth-order valence-electron chi connectivity index (χ4n) is 3.38. The van der Waals surface area contributed by atoms with Crippen molar-refractivity contribution < 1.29 is 28.2 Å². The van der Waals surface area contributed by atoms with Gasteiger partial charge < -0.3 is 24.4 Å². The third-order valence-corrected chi connectivity index (χ3v) is 4.80. The molecule has 1 unspecified atom stereocenters. The Hall–Kier alpha value is -3.29. The van der Waals surface area contributed by atoms with Crippen molar-refractivity contribution in [1.29, 1.82) is 0 Å². The first-order chi connectivity index (χ1) is 14.1. The number of fused-ring (bicyclic) bond motifs is 1. The Kier molecular flexibility index (Phi) is 5.50. The number of hydrogen-bond donors (Lipinski definition) is 1. The van der Waals surface area contributed by atoms with E-state index in [9.17, 15) is 14.0 Å². The SMILES string of the molecule is O=C(NCCOc1cccc(F)c1)C1CC(=O)N(c2ccc3c(c2)OCCO3)C1. The van der Waals surface area contributed by atoms with Gasteiger partial charge >= 0.3 is 0 Å². The van der Waals surface area contributed by atoms with Crippen molar-refractivity contribution in [2.45, 2.75) is 6.42 Å². The fourth-order valence-corrected chi connectivity index (χ4v) is 3.38. The van der Waals surface area contributed by atoms with Crippen molar-refractivity contribution in [2.24, 2.45) is 5.92 Å². The van der Waals surface area contributed by atoms with Crippen LogP contribution in [-0.4, -0.2) is 44.7 Å². The molecule has 2 aromatic rings. The quantitative estimate of drug-likeness (QED) is 0.752. The summed E-state index contributed by atoms with van der Waals surface area (Å²) in [5.41, 5.74) is 0.684. The van der Waals surface area contributed by atoms with Gasteiger partial charge in [0.25, 0.3) is 0 Å². The van der Waals surface area contributed by atoms with Gasteiger partial charge in [-0.05, 0) is 24.3 Å². The van der Waals surface area contributed by atoms with Crippen LogP contribution in [0.15, 0.2) is 42.5 Å². The number of amides is 2. The van der Waals surface area contributed by atoms with Crippen LogP contribution in [0, 0.1) is 11.7 Å². The average Bonchev–Trinajstić information content (AvgIpc) is 3.12. The molecular weight excluding hydrogens is 379 g/mol. The minimum absolute atomic E-state index is 0.113. The molecule has 2 heterocycles. The van der Waals surface area contributed by atoms with Crippen LogP contribution < -0.4 is 24.4 Å². The highest BCUT2D eigenvalue weighted by Crippen LogP contribution is 2.35. The Bertz CT molecular complexity index is 920. The van der Waals surface area contributed by atoms with Gasteiger partial charge in [-0.2, -0.15) is 0 Å². The van der Waals surface area contributed by atoms with Gasteiger partial charge in [0, 0.05) is 30.8 Å². The molecule has 29 heavy (non-hydrogen) atoms. The zero-order chi connectivity index (χ0) is 20.2. The minimum Gasteiger partial charge on any atom is -0.492 e. The molecule has 0 saturated carbocycles. The summed E-state index contributed by atoms with van der Waals surface area (Å²) in [5, 5.41) is 2.77. The molecule has 0 spiro atoms. The van der Waals surface area contributed by atoms with E-state index in [1.807, 2.05) is 0 Å². The summed E-state index contributed by atoms with van der Waals surface area (Å²) in [7, 11) is 0. The lowest BCUT2D eigenvalue weighted by Crippen LogP contribution is -2.35. The maximum absolute atomic E-state index is 13.1. The van der Waals surface area contributed by atoms with E-state index < -0.39 is 5.92 Å². The van der Waals surface area contributed by atoms with Crippen LogP contribution >= 0.6 is 0 Å². The van der Waals surface area contributed by atoms with Gasteiger partial charge in [-0.25, -0.2) is 4.39 Å². The molecule has 0 aliphatic carbocycles. The van der Waals surface area contributed by atoms with Crippen molar-refractivity contribution in [3.8, 4) is 17.2 Å². The molecule has 152 valence electrons. The zero-order valence-electron chi connectivity index (χ0n) is 15.7. The Balaban J connectivity index is 1.29. The number of benzene rings is 2. The first-order valence-electron chi connectivity index (χ1n) is 9.46. The topological polar surface area (TPSA) is 77.1 Å². The van der Waals surface area contributed by atoms with Gasteiger partial charge in [0.05, 0.1) is 12.5 Å². The molecule has 7 nitrogen and oxygen atoms in total. The smallest absolute Gasteiger partial charge is 0.227 e. The van der Waals surface area contributed by atoms with E-state index in [-0.39, 0.29) is 37.2 Å². The molecule has 2 aromatic carbocycles. The molecule has 1 atom stereocenters. The molecule has 0 bridgehead atoms. The molecule has 8 heteroatoms. The number of carbonyl (C=O) groups excluding carboxylic acids is 2. The maximum Gasteiger partial charge on any atom is 0.227 e. The van der Waals surface area contributed by atoms with Gasteiger partial charge in [-0.3, -0.25) is 9.59 Å². The molecule has 1 saturated heterocycles. The van der Waals surface area contributed by atoms with E-state index >= 15 is 0 Å². The number of nitrogens with one attached hydrogen (secondary N) is 1. The summed E-state index contributed by atoms with van der Waals surface area (Å²) in [6.45, 7) is 1.74. The van der Waals surface area contributed by atoms with E-state index in [2.05, 4.69) is 5.32 Å². The van der Waals surface area contributed by atoms with Crippen molar-refractivity contribution in [1.82, 2.24) is 5.32 Å². The van der Waals surface area contributed by atoms with Crippen LogP contribution in [0.2, 0.25) is 0 Å². The third-order valence-electron chi connectivity index (χ3n) is 4.80. The van der Waals surface area contributed by atoms with Crippen LogP contribution in [0.4, 0.5) is 10.1 Å². The summed E-state index contributed by atoms with van der Waals surface area (Å²) in [6.07, 6.45) is 0.144. The highest BCUT2D eigenvalue weighted by Gasteiger charge is 2.35. The van der Waals surface area contributed by atoms with Crippen LogP contribution in [0.3, 0.4) is 0 Å². The largest absolute Gasteiger partial charge is 0.492 e. The second kappa shape index (κ2) is 8.38. The van der Waals surface area contributed by atoms with Crippen molar-refractivity contribution in [3.05, 3.63) is 48.3 Å². The number of ether oxygens (including phenoxy) is 3. The number of carbonyl (C=O) groups is 2. The number of hydrogen-bond acceptors (Lipinski definition) is 5. The number of rotatable bonds is 6. The van der Waals surface area contributed by atoms with Crippen LogP contribution in [-0.2, 0) is 9.59 Å². The standard InChI is InChI=1S/C21H21FN2O5/c22-15-2-1-3-17(11-15)27-7-6-23-21(26)14-10-20(25)24(13-14)16-4-5-18-19(12-16)29-9-8-28-18/h1-5,11-12,14H,6-10,13H2,(H,23,26). The van der Waals surface area contributed by atoms with Crippen molar-refractivity contribution in [3.63, 3.8) is 0 Å². The zero-order valence-corrected chi connectivity index (χ0v) is 15.7. The molecular formula is C21H21FN2O5. The molecule has 0 aromatic heterocycles. The predicted octanol–water partition coefficient (Wildman–Crippen LogP) is 2.14. The second-order valence-electron chi connectivity index (χ2n) is 6.83. The van der Waals surface area contributed by atoms with Gasteiger partial charge in [0.2, 0.25) is 11.8 Å². The van der Waals surface area contributed by atoms with Crippen molar-refractivity contribution >= 4 is 17.5 Å². The monoisotopic (exact) mass is 400 g/mol. The molecule has 2 aliphatic heterocycles. The van der Waals surface area contributed by atoms with Gasteiger partial charge in [-0.1, -0.05) is 6.07 Å². The number of anilines is 1. The first kappa shape index (κ1) is 19.0. The van der Waals surface area contributed by atoms with Crippen LogP contribution in [0.1, 0.15) is 6.42 Å². The van der Waals surface area contributed by atoms with E-state index in [0.29, 0.717) is 42.7 Å². The summed E-state index contributed by atoms with van der Waals surface area (Å²) in [4.78, 5) is 26.4. The highest BCUT2D eigenvalue weighted by atomic mass is 19.1. The lowest BCUT2D eigenvalue weighted by molar-refractivity contribution is -0.126. The molecule has 2 amide bonds. The van der Waals surface area contributed by atoms with Gasteiger partial charge in [0.1, 0.15) is 31.4 Å². The van der Waals surface area contributed by atoms with E-state index in [4.69, 9.17) is 14.2 Å². The second-order valence-corrected chi connectivity index (χ2v) is 6.83. The minimum atomic E-state index is -0.440. The van der Waals surface area contributed by atoms with E-state index in [1.165, 1.54) is 12.1 Å². The summed E-state index contributed by atoms with van der Waals surface area (Å²) < 4.78 is 29.6. The molecule has 2 aliphatic rings. The molecule has 0 radical (unpaired) electrons. The van der Waals surface area contributed by atoms with Gasteiger partial charge in [0.15, 0.2) is 11.5 Å². The molecule has 1 N–H and O–H groups in total. The fraction of sp³-hybridized carbons (Fsp3) is 0.333. The number of nitrogens with zero attached hydrogens (tertiary/aromatic N) is 1.